The number of nitrogens with zero attached hydrogens (tertiary/aromatic N) is 1. The van der Waals surface area contributed by atoms with Crippen LogP contribution in [0.2, 0.25) is 0 Å². The van der Waals surface area contributed by atoms with Crippen molar-refractivity contribution in [3.8, 4) is 6.07 Å². The molecule has 26 heavy (non-hydrogen) atoms. The van der Waals surface area contributed by atoms with E-state index in [2.05, 4.69) is 11.4 Å². The van der Waals surface area contributed by atoms with E-state index in [1.807, 2.05) is 6.92 Å². The number of Topliss-reactive ketones (excluding diaryl/α,β-unsaturated/α-hetero) is 1. The summed E-state index contributed by atoms with van der Waals surface area (Å²) < 4.78 is 10.5. The van der Waals surface area contributed by atoms with Crippen molar-refractivity contribution in [1.29, 1.82) is 5.26 Å². The van der Waals surface area contributed by atoms with Crippen molar-refractivity contribution in [2.45, 2.75) is 57.9 Å². The van der Waals surface area contributed by atoms with Crippen molar-refractivity contribution < 1.29 is 20.5 Å². The summed E-state index contributed by atoms with van der Waals surface area (Å²) in [5.74, 6) is -0.478. The Labute approximate surface area is 158 Å². The van der Waals surface area contributed by atoms with Crippen LogP contribution in [0.3, 0.4) is 0 Å². The molecule has 1 amide bonds. The molecule has 1 rings (SSSR count). The summed E-state index contributed by atoms with van der Waals surface area (Å²) in [5, 5.41) is 11.9. The first-order valence-electron chi connectivity index (χ1n) is 9.71. The average Bonchev–Trinajstić information content (AvgIpc) is 3.12. The Bertz CT molecular complexity index is 470. The lowest BCUT2D eigenvalue weighted by molar-refractivity contribution is -0.126. The number of unbranched alkanes of at least 4 members (excludes halogenated alkanes) is 1. The van der Waals surface area contributed by atoms with E-state index in [4.69, 9.17) is 20.5 Å². The number of nitrogens with two attached hydrogens (primary N) is 1. The van der Waals surface area contributed by atoms with Crippen LogP contribution in [0.5, 0.6) is 0 Å². The van der Waals surface area contributed by atoms with Gasteiger partial charge in [-0.05, 0) is 38.5 Å². The maximum atomic E-state index is 12.3. The van der Waals surface area contributed by atoms with E-state index in [9.17, 15) is 9.59 Å². The van der Waals surface area contributed by atoms with Gasteiger partial charge in [-0.2, -0.15) is 5.26 Å². The predicted molar refractivity (Wildman–Crippen MR) is 100 cm³/mol. The van der Waals surface area contributed by atoms with Gasteiger partial charge in [-0.3, -0.25) is 9.59 Å². The van der Waals surface area contributed by atoms with Crippen LogP contribution in [0.25, 0.3) is 0 Å². The minimum atomic E-state index is -0.504. The Morgan fingerprint density at radius 3 is 2.77 bits per heavy atom. The number of nitrogens with one attached hydrogen (secondary N) is 1. The SMILES string of the molecule is CCCOCCOCC(=O)NCCCC[C@H](N)C(=O)C1CCC[C@H]1C#N.[HH]. The van der Waals surface area contributed by atoms with Gasteiger partial charge in [0, 0.05) is 20.5 Å². The highest BCUT2D eigenvalue weighted by Crippen LogP contribution is 2.32. The molecule has 150 valence electrons. The molecule has 0 saturated heterocycles. The van der Waals surface area contributed by atoms with Crippen LogP contribution in [0.1, 0.15) is 53.3 Å². The number of hydrogen-bond acceptors (Lipinski definition) is 6. The Balaban J connectivity index is 0.00000676. The van der Waals surface area contributed by atoms with E-state index >= 15 is 0 Å². The molecule has 7 heteroatoms. The summed E-state index contributed by atoms with van der Waals surface area (Å²) in [6.45, 7) is 4.23. The summed E-state index contributed by atoms with van der Waals surface area (Å²) in [4.78, 5) is 23.9. The molecule has 0 heterocycles. The van der Waals surface area contributed by atoms with Crippen LogP contribution < -0.4 is 11.1 Å². The molecule has 1 fully saturated rings. The van der Waals surface area contributed by atoms with Crippen molar-refractivity contribution in [1.82, 2.24) is 5.32 Å². The Kier molecular flexibility index (Phi) is 11.9. The number of ether oxygens (including phenoxy) is 2. The van der Waals surface area contributed by atoms with E-state index in [1.165, 1.54) is 0 Å². The van der Waals surface area contributed by atoms with Gasteiger partial charge in [-0.25, -0.2) is 0 Å². The lowest BCUT2D eigenvalue weighted by Crippen LogP contribution is -2.37. The van der Waals surface area contributed by atoms with Crippen LogP contribution in [0, 0.1) is 23.2 Å². The maximum Gasteiger partial charge on any atom is 0.245 e. The minimum absolute atomic E-state index is 0. The standard InChI is InChI=1S/C19H33N3O4.H2/c1-2-10-25-11-12-26-14-18(23)22-9-4-3-8-17(21)19(24)16-7-5-6-15(16)13-20;/h15-17H,2-12,14,21H2,1H3,(H,22,23);1H/t15-,16?,17-;/m0./s1. The highest BCUT2D eigenvalue weighted by Gasteiger charge is 2.35. The Morgan fingerprint density at radius 2 is 2.04 bits per heavy atom. The van der Waals surface area contributed by atoms with Crippen molar-refractivity contribution in [2.75, 3.05) is 33.0 Å². The fraction of sp³-hybridized carbons (Fsp3) is 0.842. The molecule has 0 aromatic heterocycles. The monoisotopic (exact) mass is 369 g/mol. The number of hydrogen-bond donors (Lipinski definition) is 2. The summed E-state index contributed by atoms with van der Waals surface area (Å²) in [6, 6.07) is 1.72. The first-order valence-corrected chi connectivity index (χ1v) is 9.71. The van der Waals surface area contributed by atoms with Gasteiger partial charge in [0.1, 0.15) is 6.61 Å². The summed E-state index contributed by atoms with van der Waals surface area (Å²) in [7, 11) is 0. The first kappa shape index (κ1) is 22.6. The molecule has 0 bridgehead atoms. The smallest absolute Gasteiger partial charge is 0.245 e. The molecule has 0 radical (unpaired) electrons. The van der Waals surface area contributed by atoms with Crippen LogP contribution in [0.4, 0.5) is 0 Å². The van der Waals surface area contributed by atoms with Crippen LogP contribution in [0.15, 0.2) is 0 Å². The van der Waals surface area contributed by atoms with Gasteiger partial charge in [-0.1, -0.05) is 13.3 Å². The zero-order chi connectivity index (χ0) is 19.2. The molecule has 3 atom stereocenters. The molecular weight excluding hydrogens is 334 g/mol. The molecule has 1 saturated carbocycles. The van der Waals surface area contributed by atoms with E-state index in [-0.39, 0.29) is 31.6 Å². The summed E-state index contributed by atoms with van der Waals surface area (Å²) >= 11 is 0. The van der Waals surface area contributed by atoms with Crippen molar-refractivity contribution in [2.24, 2.45) is 17.6 Å². The van der Waals surface area contributed by atoms with Crippen LogP contribution in [-0.4, -0.2) is 50.7 Å². The molecule has 1 aliphatic rings. The Morgan fingerprint density at radius 1 is 1.27 bits per heavy atom. The van der Waals surface area contributed by atoms with Crippen LogP contribution >= 0.6 is 0 Å². The fourth-order valence-electron chi connectivity index (χ4n) is 3.17. The van der Waals surface area contributed by atoms with Gasteiger partial charge >= 0.3 is 0 Å². The van der Waals surface area contributed by atoms with Gasteiger partial charge in [0.05, 0.1) is 31.2 Å². The normalized spacial score (nSPS) is 20.5. The number of ketones is 1. The molecule has 3 N–H and O–H groups in total. The van der Waals surface area contributed by atoms with Gasteiger partial charge < -0.3 is 20.5 Å². The second kappa shape index (κ2) is 13.7. The average molecular weight is 370 g/mol. The highest BCUT2D eigenvalue weighted by molar-refractivity contribution is 5.86. The third kappa shape index (κ3) is 8.75. The van der Waals surface area contributed by atoms with Crippen molar-refractivity contribution in [3.05, 3.63) is 0 Å². The minimum Gasteiger partial charge on any atom is -0.379 e. The summed E-state index contributed by atoms with van der Waals surface area (Å²) in [5.41, 5.74) is 5.99. The molecular formula is C19H35N3O4. The molecule has 1 aliphatic carbocycles. The molecule has 0 aromatic carbocycles. The second-order valence-electron chi connectivity index (χ2n) is 6.79. The Hall–Kier alpha value is -1.49. The van der Waals surface area contributed by atoms with E-state index < -0.39 is 6.04 Å². The van der Waals surface area contributed by atoms with Gasteiger partial charge in [-0.15, -0.1) is 0 Å². The first-order chi connectivity index (χ1) is 12.6. The molecule has 0 aliphatic heterocycles. The summed E-state index contributed by atoms with van der Waals surface area (Å²) in [6.07, 6.45) is 5.61. The molecule has 7 nitrogen and oxygen atoms in total. The van der Waals surface area contributed by atoms with Gasteiger partial charge in [0.2, 0.25) is 5.91 Å². The number of carbonyl (C=O) groups excluding carboxylic acids is 2. The third-order valence-electron chi connectivity index (χ3n) is 4.63. The lowest BCUT2D eigenvalue weighted by atomic mass is 9.88. The fourth-order valence-corrected chi connectivity index (χ4v) is 3.17. The van der Waals surface area contributed by atoms with Gasteiger partial charge in [0.25, 0.3) is 0 Å². The molecule has 0 spiro atoms. The number of rotatable bonds is 14. The van der Waals surface area contributed by atoms with Crippen LogP contribution in [-0.2, 0) is 19.1 Å². The van der Waals surface area contributed by atoms with E-state index in [1.54, 1.807) is 0 Å². The zero-order valence-corrected chi connectivity index (χ0v) is 15.9. The molecule has 1 unspecified atom stereocenters. The van der Waals surface area contributed by atoms with E-state index in [0.717, 1.165) is 38.5 Å². The topological polar surface area (TPSA) is 114 Å². The number of nitriles is 1. The quantitative estimate of drug-likeness (QED) is 0.451. The van der Waals surface area contributed by atoms with Crippen molar-refractivity contribution in [3.63, 3.8) is 0 Å². The second-order valence-corrected chi connectivity index (χ2v) is 6.79. The largest absolute Gasteiger partial charge is 0.379 e. The highest BCUT2D eigenvalue weighted by atomic mass is 16.5. The van der Waals surface area contributed by atoms with Gasteiger partial charge in [0.15, 0.2) is 5.78 Å². The van der Waals surface area contributed by atoms with E-state index in [0.29, 0.717) is 32.8 Å². The maximum absolute atomic E-state index is 12.3. The van der Waals surface area contributed by atoms with Crippen molar-refractivity contribution >= 4 is 11.7 Å². The number of carbonyl (C=O) groups is 2. The number of amides is 1. The zero-order valence-electron chi connectivity index (χ0n) is 15.9. The third-order valence-corrected chi connectivity index (χ3v) is 4.63. The molecule has 0 aromatic rings. The predicted octanol–water partition coefficient (Wildman–Crippen LogP) is 1.80. The lowest BCUT2D eigenvalue weighted by Gasteiger charge is -2.17.